The summed E-state index contributed by atoms with van der Waals surface area (Å²) in [4.78, 5) is 12.4. The first-order valence-electron chi connectivity index (χ1n) is 3.36. The summed E-state index contributed by atoms with van der Waals surface area (Å²) in [7, 11) is 1.39. The summed E-state index contributed by atoms with van der Waals surface area (Å²) < 4.78 is 4.53. The third-order valence-corrected chi connectivity index (χ3v) is 1.46. The van der Waals surface area contributed by atoms with Crippen LogP contribution in [0.5, 0.6) is 0 Å². The van der Waals surface area contributed by atoms with Gasteiger partial charge in [-0.3, -0.25) is 4.90 Å². The van der Waals surface area contributed by atoms with Crippen molar-refractivity contribution in [1.82, 2.24) is 4.90 Å². The second-order valence-electron chi connectivity index (χ2n) is 2.19. The summed E-state index contributed by atoms with van der Waals surface area (Å²) in [5.41, 5.74) is 0. The van der Waals surface area contributed by atoms with Crippen LogP contribution in [0.4, 0.5) is 4.79 Å². The molecular formula is C7H11NO2. The van der Waals surface area contributed by atoms with Crippen LogP contribution < -0.4 is 0 Å². The molecule has 3 heteroatoms. The van der Waals surface area contributed by atoms with Gasteiger partial charge in [0.25, 0.3) is 0 Å². The highest BCUT2D eigenvalue weighted by Crippen LogP contribution is 2.05. The molecule has 0 N–H and O–H groups in total. The fraction of sp³-hybridized carbons (Fsp3) is 0.571. The molecule has 1 heterocycles. The van der Waals surface area contributed by atoms with E-state index in [0.717, 1.165) is 19.4 Å². The molecule has 1 rings (SSSR count). The van der Waals surface area contributed by atoms with Crippen LogP contribution in [-0.2, 0) is 4.74 Å². The molecule has 0 radical (unpaired) electrons. The van der Waals surface area contributed by atoms with E-state index in [9.17, 15) is 4.79 Å². The Morgan fingerprint density at radius 3 is 3.00 bits per heavy atom. The monoisotopic (exact) mass is 141 g/mol. The number of allylic oxidation sites excluding steroid dienone is 1. The van der Waals surface area contributed by atoms with Crippen LogP contribution in [0.3, 0.4) is 0 Å². The lowest BCUT2D eigenvalue weighted by molar-refractivity contribution is 0.138. The molecule has 10 heavy (non-hydrogen) atoms. The Morgan fingerprint density at radius 2 is 2.50 bits per heavy atom. The van der Waals surface area contributed by atoms with E-state index in [4.69, 9.17) is 0 Å². The van der Waals surface area contributed by atoms with Crippen molar-refractivity contribution in [1.29, 1.82) is 0 Å². The van der Waals surface area contributed by atoms with Gasteiger partial charge < -0.3 is 4.74 Å². The molecule has 3 nitrogen and oxygen atoms in total. The molecule has 0 aromatic heterocycles. The highest BCUT2D eigenvalue weighted by atomic mass is 16.5. The van der Waals surface area contributed by atoms with Crippen molar-refractivity contribution in [3.8, 4) is 0 Å². The Bertz CT molecular complexity index is 154. The van der Waals surface area contributed by atoms with E-state index >= 15 is 0 Å². The molecule has 0 saturated heterocycles. The number of carbonyl (C=O) groups is 1. The van der Waals surface area contributed by atoms with Gasteiger partial charge in [0.1, 0.15) is 0 Å². The van der Waals surface area contributed by atoms with Crippen LogP contribution in [0.15, 0.2) is 12.3 Å². The van der Waals surface area contributed by atoms with Crippen LogP contribution in [0.25, 0.3) is 0 Å². The maximum atomic E-state index is 10.8. The van der Waals surface area contributed by atoms with Crippen molar-refractivity contribution in [2.45, 2.75) is 12.8 Å². The van der Waals surface area contributed by atoms with Gasteiger partial charge in [-0.15, -0.1) is 0 Å². The molecule has 56 valence electrons. The maximum absolute atomic E-state index is 10.8. The predicted molar refractivity (Wildman–Crippen MR) is 37.5 cm³/mol. The standard InChI is InChI=1S/C7H11NO2/c1-10-7(9)8-5-3-2-4-6-8/h3,5H,2,4,6H2,1H3. The number of nitrogens with zero attached hydrogens (tertiary/aromatic N) is 1. The van der Waals surface area contributed by atoms with Gasteiger partial charge in [-0.05, 0) is 12.8 Å². The Hall–Kier alpha value is -0.990. The van der Waals surface area contributed by atoms with Gasteiger partial charge in [0.2, 0.25) is 0 Å². The zero-order valence-electron chi connectivity index (χ0n) is 6.04. The van der Waals surface area contributed by atoms with Gasteiger partial charge in [-0.2, -0.15) is 0 Å². The smallest absolute Gasteiger partial charge is 0.413 e. The second kappa shape index (κ2) is 3.25. The first kappa shape index (κ1) is 7.12. The minimum Gasteiger partial charge on any atom is -0.452 e. The number of amides is 1. The third kappa shape index (κ3) is 1.50. The largest absolute Gasteiger partial charge is 0.452 e. The molecule has 1 amide bonds. The van der Waals surface area contributed by atoms with Gasteiger partial charge in [0.15, 0.2) is 0 Å². The van der Waals surface area contributed by atoms with Crippen molar-refractivity contribution in [2.75, 3.05) is 13.7 Å². The van der Waals surface area contributed by atoms with Gasteiger partial charge in [0, 0.05) is 12.7 Å². The summed E-state index contributed by atoms with van der Waals surface area (Å²) in [6.45, 7) is 0.781. The van der Waals surface area contributed by atoms with Gasteiger partial charge >= 0.3 is 6.09 Å². The SMILES string of the molecule is COC(=O)N1C=CCCC1. The zero-order valence-corrected chi connectivity index (χ0v) is 6.04. The normalized spacial score (nSPS) is 17.1. The average molecular weight is 141 g/mol. The van der Waals surface area contributed by atoms with Crippen molar-refractivity contribution in [2.24, 2.45) is 0 Å². The van der Waals surface area contributed by atoms with Gasteiger partial charge in [-0.1, -0.05) is 6.08 Å². The number of rotatable bonds is 0. The number of carbonyl (C=O) groups excluding carboxylic acids is 1. The Kier molecular flexibility index (Phi) is 2.31. The van der Waals surface area contributed by atoms with E-state index in [-0.39, 0.29) is 6.09 Å². The van der Waals surface area contributed by atoms with Gasteiger partial charge in [-0.25, -0.2) is 4.79 Å². The van der Waals surface area contributed by atoms with Crippen LogP contribution in [0.2, 0.25) is 0 Å². The summed E-state index contributed by atoms with van der Waals surface area (Å²) in [6.07, 6.45) is 5.57. The summed E-state index contributed by atoms with van der Waals surface area (Å²) in [6, 6.07) is 0. The second-order valence-corrected chi connectivity index (χ2v) is 2.19. The number of ether oxygens (including phenoxy) is 1. The Morgan fingerprint density at radius 1 is 1.70 bits per heavy atom. The van der Waals surface area contributed by atoms with Crippen LogP contribution in [-0.4, -0.2) is 24.6 Å². The van der Waals surface area contributed by atoms with Gasteiger partial charge in [0.05, 0.1) is 7.11 Å². The minimum atomic E-state index is -0.268. The summed E-state index contributed by atoms with van der Waals surface area (Å²) >= 11 is 0. The van der Waals surface area contributed by atoms with Crippen LogP contribution in [0.1, 0.15) is 12.8 Å². The van der Waals surface area contributed by atoms with E-state index in [1.807, 2.05) is 6.08 Å². The Balaban J connectivity index is 2.46. The van der Waals surface area contributed by atoms with E-state index in [0.29, 0.717) is 0 Å². The molecule has 0 unspecified atom stereocenters. The first-order valence-corrected chi connectivity index (χ1v) is 3.36. The molecule has 0 aliphatic carbocycles. The maximum Gasteiger partial charge on any atom is 0.413 e. The van der Waals surface area contributed by atoms with E-state index < -0.39 is 0 Å². The van der Waals surface area contributed by atoms with Crippen LogP contribution >= 0.6 is 0 Å². The summed E-state index contributed by atoms with van der Waals surface area (Å²) in [5, 5.41) is 0. The minimum absolute atomic E-state index is 0.268. The quantitative estimate of drug-likeness (QED) is 0.509. The molecule has 0 bridgehead atoms. The lowest BCUT2D eigenvalue weighted by Crippen LogP contribution is -2.28. The highest BCUT2D eigenvalue weighted by Gasteiger charge is 2.11. The molecule has 0 aromatic carbocycles. The lowest BCUT2D eigenvalue weighted by Gasteiger charge is -2.19. The fourth-order valence-corrected chi connectivity index (χ4v) is 0.925. The van der Waals surface area contributed by atoms with Crippen molar-refractivity contribution in [3.05, 3.63) is 12.3 Å². The number of hydrogen-bond acceptors (Lipinski definition) is 2. The molecule has 0 aromatic rings. The highest BCUT2D eigenvalue weighted by molar-refractivity contribution is 5.68. The molecule has 0 atom stereocenters. The Labute approximate surface area is 60.3 Å². The molecule has 1 aliphatic rings. The molecule has 1 aliphatic heterocycles. The summed E-state index contributed by atoms with van der Waals surface area (Å²) in [5.74, 6) is 0. The fourth-order valence-electron chi connectivity index (χ4n) is 0.925. The predicted octanol–water partition coefficient (Wildman–Crippen LogP) is 1.36. The van der Waals surface area contributed by atoms with Crippen molar-refractivity contribution >= 4 is 6.09 Å². The molecule has 0 fully saturated rings. The van der Waals surface area contributed by atoms with Crippen molar-refractivity contribution < 1.29 is 9.53 Å². The van der Waals surface area contributed by atoms with E-state index in [1.54, 1.807) is 11.1 Å². The van der Waals surface area contributed by atoms with E-state index in [2.05, 4.69) is 4.74 Å². The average Bonchev–Trinajstić information content (AvgIpc) is 2.05. The van der Waals surface area contributed by atoms with Crippen molar-refractivity contribution in [3.63, 3.8) is 0 Å². The molecular weight excluding hydrogens is 130 g/mol. The zero-order chi connectivity index (χ0) is 7.40. The first-order chi connectivity index (χ1) is 4.84. The number of hydrogen-bond donors (Lipinski definition) is 0. The van der Waals surface area contributed by atoms with E-state index in [1.165, 1.54) is 7.11 Å². The third-order valence-electron chi connectivity index (χ3n) is 1.46. The molecule has 0 spiro atoms. The number of methoxy groups -OCH3 is 1. The molecule has 0 saturated carbocycles. The lowest BCUT2D eigenvalue weighted by atomic mass is 10.2. The van der Waals surface area contributed by atoms with Crippen LogP contribution in [0, 0.1) is 0 Å². The topological polar surface area (TPSA) is 29.5 Å².